The van der Waals surface area contributed by atoms with E-state index in [4.69, 9.17) is 14.2 Å². The predicted molar refractivity (Wildman–Crippen MR) is 147 cm³/mol. The summed E-state index contributed by atoms with van der Waals surface area (Å²) in [5, 5.41) is 7.44. The van der Waals surface area contributed by atoms with E-state index in [2.05, 4.69) is 24.9 Å². The number of likely N-dealkylation sites (tertiary alicyclic amines) is 1. The van der Waals surface area contributed by atoms with Crippen molar-refractivity contribution in [2.45, 2.75) is 64.0 Å². The van der Waals surface area contributed by atoms with Gasteiger partial charge in [-0.3, -0.25) is 14.1 Å². The van der Waals surface area contributed by atoms with Crippen LogP contribution in [0.4, 0.5) is 5.95 Å². The molecule has 3 aromatic rings. The molecular formula is C26H35N7O6S. The van der Waals surface area contributed by atoms with Crippen LogP contribution in [0.25, 0.3) is 5.69 Å². The number of carbonyl (C=O) groups is 1. The van der Waals surface area contributed by atoms with Gasteiger partial charge < -0.3 is 19.1 Å². The number of ether oxygens (including phenoxy) is 3. The van der Waals surface area contributed by atoms with Gasteiger partial charge in [0.05, 0.1) is 26.4 Å². The van der Waals surface area contributed by atoms with E-state index >= 15 is 0 Å². The first-order chi connectivity index (χ1) is 19.0. The lowest BCUT2D eigenvalue weighted by Gasteiger charge is -2.26. The first kappa shape index (κ1) is 29.2. The largest absolute Gasteiger partial charge is 0.494 e. The van der Waals surface area contributed by atoms with Crippen molar-refractivity contribution in [2.75, 3.05) is 26.0 Å². The minimum Gasteiger partial charge on any atom is -0.494 e. The topological polar surface area (TPSA) is 151 Å². The van der Waals surface area contributed by atoms with Crippen molar-refractivity contribution in [1.82, 2.24) is 29.6 Å². The van der Waals surface area contributed by atoms with Gasteiger partial charge in [-0.2, -0.15) is 0 Å². The highest BCUT2D eigenvalue weighted by Gasteiger charge is 2.38. The molecule has 1 N–H and O–H groups in total. The Morgan fingerprint density at radius 3 is 2.20 bits per heavy atom. The van der Waals surface area contributed by atoms with Crippen LogP contribution in [0.2, 0.25) is 0 Å². The fraction of sp³-hybridized carbons (Fsp3) is 0.500. The van der Waals surface area contributed by atoms with Crippen molar-refractivity contribution < 1.29 is 27.4 Å². The lowest BCUT2D eigenvalue weighted by molar-refractivity contribution is -0.127. The zero-order chi connectivity index (χ0) is 29.2. The third kappa shape index (κ3) is 5.72. The van der Waals surface area contributed by atoms with Gasteiger partial charge >= 0.3 is 0 Å². The average Bonchev–Trinajstić information content (AvgIpc) is 3.47. The number of para-hydroxylation sites is 1. The number of nitrogens with one attached hydrogen (secondary N) is 1. The average molecular weight is 574 g/mol. The van der Waals surface area contributed by atoms with E-state index in [0.29, 0.717) is 35.9 Å². The van der Waals surface area contributed by atoms with Crippen molar-refractivity contribution in [2.24, 2.45) is 0 Å². The Labute approximate surface area is 233 Å². The molecule has 13 nitrogen and oxygen atoms in total. The Morgan fingerprint density at radius 1 is 1.05 bits per heavy atom. The summed E-state index contributed by atoms with van der Waals surface area (Å²) in [6.07, 6.45) is 2.79. The summed E-state index contributed by atoms with van der Waals surface area (Å²) in [7, 11) is 0.509. The number of anilines is 1. The summed E-state index contributed by atoms with van der Waals surface area (Å²) in [4.78, 5) is 22.6. The monoisotopic (exact) mass is 573 g/mol. The number of hydrogen-bond acceptors (Lipinski definition) is 10. The highest BCUT2D eigenvalue weighted by Crippen LogP contribution is 2.40. The number of amides is 1. The van der Waals surface area contributed by atoms with E-state index in [-0.39, 0.29) is 23.8 Å². The Kier molecular flexibility index (Phi) is 8.59. The molecule has 2 aromatic heterocycles. The summed E-state index contributed by atoms with van der Waals surface area (Å²) in [5.41, 5.74) is 1.23. The van der Waals surface area contributed by atoms with E-state index in [1.165, 1.54) is 25.7 Å². The molecule has 0 aliphatic carbocycles. The molecule has 1 aliphatic rings. The van der Waals surface area contributed by atoms with Gasteiger partial charge in [0.25, 0.3) is 0 Å². The second-order valence-electron chi connectivity index (χ2n) is 9.86. The van der Waals surface area contributed by atoms with Crippen LogP contribution >= 0.6 is 0 Å². The van der Waals surface area contributed by atoms with Crippen molar-refractivity contribution in [3.63, 3.8) is 0 Å². The lowest BCUT2D eigenvalue weighted by Crippen LogP contribution is -2.35. The highest BCUT2D eigenvalue weighted by atomic mass is 32.2. The summed E-state index contributed by atoms with van der Waals surface area (Å²) in [5.74, 6) is 1.26. The van der Waals surface area contributed by atoms with Crippen LogP contribution in [-0.2, 0) is 19.6 Å². The highest BCUT2D eigenvalue weighted by molar-refractivity contribution is 7.93. The maximum absolute atomic E-state index is 13.8. The molecule has 1 aromatic carbocycles. The SMILES string of the molecule is COc1cccc(OC)c1-n1c(NS(=O)(=O)C(C)C(OC(C)C)c2ncc(C)cn2)nnc1[C@H]1CCC(=O)N1C. The third-order valence-electron chi connectivity index (χ3n) is 6.73. The molecule has 40 heavy (non-hydrogen) atoms. The molecular weight excluding hydrogens is 538 g/mol. The number of sulfonamides is 1. The zero-order valence-electron chi connectivity index (χ0n) is 23.7. The number of carbonyl (C=O) groups excluding carboxylic acids is 1. The van der Waals surface area contributed by atoms with Gasteiger partial charge in [0.15, 0.2) is 11.6 Å². The minimum atomic E-state index is -4.16. The molecule has 3 heterocycles. The number of benzene rings is 1. The Balaban J connectivity index is 1.82. The number of rotatable bonds is 11. The fourth-order valence-corrected chi connectivity index (χ4v) is 5.65. The lowest BCUT2D eigenvalue weighted by atomic mass is 10.2. The standard InChI is InChI=1S/C26H35N7O6S/c1-15(2)39-23(24-27-13-16(3)14-28-24)17(4)40(35,36)31-26-30-29-25(18-11-12-21(34)32(18)5)33(26)22-19(37-6)9-8-10-20(22)38-7/h8-10,13-15,17-18,23H,11-12H2,1-7H3,(H,30,31)/t17?,18-,23?/m1/s1. The summed E-state index contributed by atoms with van der Waals surface area (Å²) in [6, 6.07) is 4.74. The molecule has 14 heteroatoms. The molecule has 1 amide bonds. The van der Waals surface area contributed by atoms with Gasteiger partial charge in [0, 0.05) is 25.9 Å². The summed E-state index contributed by atoms with van der Waals surface area (Å²) in [6.45, 7) is 6.98. The van der Waals surface area contributed by atoms with Gasteiger partial charge in [-0.15, -0.1) is 10.2 Å². The number of methoxy groups -OCH3 is 2. The smallest absolute Gasteiger partial charge is 0.243 e. The van der Waals surface area contributed by atoms with Crippen LogP contribution in [0.1, 0.15) is 63.0 Å². The van der Waals surface area contributed by atoms with Gasteiger partial charge in [-0.1, -0.05) is 6.07 Å². The Hall–Kier alpha value is -3.78. The van der Waals surface area contributed by atoms with Crippen molar-refractivity contribution in [3.05, 3.63) is 47.8 Å². The molecule has 0 saturated carbocycles. The number of aromatic nitrogens is 5. The van der Waals surface area contributed by atoms with Crippen LogP contribution in [0.5, 0.6) is 11.5 Å². The zero-order valence-corrected chi connectivity index (χ0v) is 24.5. The van der Waals surface area contributed by atoms with Gasteiger partial charge in [0.1, 0.15) is 28.5 Å². The van der Waals surface area contributed by atoms with E-state index < -0.39 is 27.4 Å². The maximum Gasteiger partial charge on any atom is 0.243 e. The first-order valence-corrected chi connectivity index (χ1v) is 14.4. The molecule has 216 valence electrons. The van der Waals surface area contributed by atoms with Crippen molar-refractivity contribution in [1.29, 1.82) is 0 Å². The second-order valence-corrected chi connectivity index (χ2v) is 11.9. The number of hydrogen-bond donors (Lipinski definition) is 1. The Morgan fingerprint density at radius 2 is 1.68 bits per heavy atom. The predicted octanol–water partition coefficient (Wildman–Crippen LogP) is 2.97. The molecule has 1 fully saturated rings. The quantitative estimate of drug-likeness (QED) is 0.362. The Bertz CT molecular complexity index is 1440. The minimum absolute atomic E-state index is 0.0472. The van der Waals surface area contributed by atoms with E-state index in [9.17, 15) is 13.2 Å². The number of nitrogens with zero attached hydrogens (tertiary/aromatic N) is 6. The summed E-state index contributed by atoms with van der Waals surface area (Å²) >= 11 is 0. The van der Waals surface area contributed by atoms with Gasteiger partial charge in [-0.25, -0.2) is 18.4 Å². The van der Waals surface area contributed by atoms with Gasteiger partial charge in [0.2, 0.25) is 21.9 Å². The van der Waals surface area contributed by atoms with Crippen LogP contribution in [-0.4, -0.2) is 76.6 Å². The molecule has 2 unspecified atom stereocenters. The van der Waals surface area contributed by atoms with Crippen molar-refractivity contribution >= 4 is 21.9 Å². The van der Waals surface area contributed by atoms with Crippen LogP contribution in [0.15, 0.2) is 30.6 Å². The molecule has 0 spiro atoms. The van der Waals surface area contributed by atoms with E-state index in [1.807, 2.05) is 20.8 Å². The third-order valence-corrected chi connectivity index (χ3v) is 8.42. The second kappa shape index (κ2) is 11.8. The first-order valence-electron chi connectivity index (χ1n) is 12.9. The molecule has 4 rings (SSSR count). The van der Waals surface area contributed by atoms with Gasteiger partial charge in [-0.05, 0) is 51.8 Å². The fourth-order valence-electron chi connectivity index (χ4n) is 4.56. The van der Waals surface area contributed by atoms with E-state index in [0.717, 1.165) is 5.56 Å². The normalized spacial score (nSPS) is 17.2. The van der Waals surface area contributed by atoms with Crippen LogP contribution in [0, 0.1) is 6.92 Å². The molecule has 1 saturated heterocycles. The summed E-state index contributed by atoms with van der Waals surface area (Å²) < 4.78 is 49.0. The number of aryl methyl sites for hydroxylation is 1. The van der Waals surface area contributed by atoms with Crippen molar-refractivity contribution in [3.8, 4) is 17.2 Å². The van der Waals surface area contributed by atoms with E-state index in [1.54, 1.807) is 42.5 Å². The molecule has 3 atom stereocenters. The molecule has 1 aliphatic heterocycles. The van der Waals surface area contributed by atoms with Crippen LogP contribution < -0.4 is 14.2 Å². The van der Waals surface area contributed by atoms with Crippen LogP contribution in [0.3, 0.4) is 0 Å². The maximum atomic E-state index is 13.8. The molecule has 0 radical (unpaired) electrons. The molecule has 0 bridgehead atoms.